The highest BCUT2D eigenvalue weighted by molar-refractivity contribution is 7.99. The first-order valence-electron chi connectivity index (χ1n) is 7.64. The number of aromatic nitrogens is 3. The van der Waals surface area contributed by atoms with E-state index in [0.29, 0.717) is 5.75 Å². The van der Waals surface area contributed by atoms with Gasteiger partial charge in [-0.2, -0.15) is 5.10 Å². The second-order valence-corrected chi connectivity index (χ2v) is 6.44. The standard InChI is InChI=1S/C18H18N4OS/c1-13-8-9-14(2)16(10-13)21-17(23)11-24-18-19-12-20-22(18)15-6-4-3-5-7-15/h3-10,12H,11H2,1-2H3,(H,21,23)/p+1. The van der Waals surface area contributed by atoms with Gasteiger partial charge in [-0.25, -0.2) is 0 Å². The Morgan fingerprint density at radius 1 is 1.21 bits per heavy atom. The van der Waals surface area contributed by atoms with Crippen molar-refractivity contribution in [2.45, 2.75) is 19.0 Å². The minimum Gasteiger partial charge on any atom is -0.325 e. The number of carbonyl (C=O) groups is 1. The fourth-order valence-electron chi connectivity index (χ4n) is 2.31. The summed E-state index contributed by atoms with van der Waals surface area (Å²) in [6.45, 7) is 4.00. The lowest BCUT2D eigenvalue weighted by Crippen LogP contribution is -2.35. The van der Waals surface area contributed by atoms with Crippen molar-refractivity contribution in [2.75, 3.05) is 11.1 Å². The van der Waals surface area contributed by atoms with Crippen LogP contribution >= 0.6 is 11.8 Å². The predicted octanol–water partition coefficient (Wildman–Crippen LogP) is 3.03. The molecule has 3 rings (SSSR count). The van der Waals surface area contributed by atoms with Crippen LogP contribution in [0.4, 0.5) is 5.69 Å². The number of hydrogen-bond acceptors (Lipinski definition) is 3. The lowest BCUT2D eigenvalue weighted by atomic mass is 10.1. The number of hydrogen-bond donors (Lipinski definition) is 2. The van der Waals surface area contributed by atoms with Crippen molar-refractivity contribution in [3.05, 3.63) is 66.0 Å². The molecule has 24 heavy (non-hydrogen) atoms. The largest absolute Gasteiger partial charge is 0.385 e. The first-order valence-corrected chi connectivity index (χ1v) is 8.63. The molecule has 0 bridgehead atoms. The number of nitrogens with zero attached hydrogens (tertiary/aromatic N) is 2. The van der Waals surface area contributed by atoms with Gasteiger partial charge in [-0.1, -0.05) is 30.3 Å². The quantitative estimate of drug-likeness (QED) is 0.555. The maximum Gasteiger partial charge on any atom is 0.385 e. The fraction of sp³-hybridized carbons (Fsp3) is 0.167. The molecule has 0 aliphatic carbocycles. The van der Waals surface area contributed by atoms with Gasteiger partial charge >= 0.3 is 5.16 Å². The van der Waals surface area contributed by atoms with E-state index < -0.39 is 0 Å². The minimum atomic E-state index is -0.0451. The van der Waals surface area contributed by atoms with E-state index in [9.17, 15) is 4.79 Å². The Kier molecular flexibility index (Phi) is 4.96. The van der Waals surface area contributed by atoms with Gasteiger partial charge in [-0.05, 0) is 59.9 Å². The Morgan fingerprint density at radius 3 is 2.79 bits per heavy atom. The molecule has 0 unspecified atom stereocenters. The van der Waals surface area contributed by atoms with E-state index in [2.05, 4.69) is 15.4 Å². The number of amides is 1. The molecule has 0 spiro atoms. The van der Waals surface area contributed by atoms with Crippen LogP contribution in [-0.2, 0) is 4.79 Å². The van der Waals surface area contributed by atoms with Gasteiger partial charge in [-0.3, -0.25) is 4.79 Å². The molecule has 0 saturated carbocycles. The van der Waals surface area contributed by atoms with Crippen LogP contribution in [0.5, 0.6) is 0 Å². The topological polar surface area (TPSA) is 61.7 Å². The molecule has 3 aromatic rings. The maximum atomic E-state index is 12.2. The maximum absolute atomic E-state index is 12.2. The first kappa shape index (κ1) is 16.3. The summed E-state index contributed by atoms with van der Waals surface area (Å²) >= 11 is 1.39. The Bertz CT molecular complexity index is 845. The molecule has 122 valence electrons. The summed E-state index contributed by atoms with van der Waals surface area (Å²) < 4.78 is 1.86. The predicted molar refractivity (Wildman–Crippen MR) is 95.4 cm³/mol. The Balaban J connectivity index is 1.65. The SMILES string of the molecule is Cc1ccc(C)c(NC(=O)CSc2nc[nH][n+]2-c2ccccc2)c1. The Morgan fingerprint density at radius 2 is 2.00 bits per heavy atom. The molecule has 5 nitrogen and oxygen atoms in total. The zero-order valence-corrected chi connectivity index (χ0v) is 14.4. The van der Waals surface area contributed by atoms with Crippen molar-refractivity contribution in [3.63, 3.8) is 0 Å². The third-order valence-corrected chi connectivity index (χ3v) is 4.52. The highest BCUT2D eigenvalue weighted by Crippen LogP contribution is 2.18. The monoisotopic (exact) mass is 339 g/mol. The van der Waals surface area contributed by atoms with Crippen LogP contribution < -0.4 is 10.00 Å². The van der Waals surface area contributed by atoms with E-state index >= 15 is 0 Å². The number of anilines is 1. The van der Waals surface area contributed by atoms with Crippen LogP contribution in [0.15, 0.2) is 60.0 Å². The molecular weight excluding hydrogens is 320 g/mol. The third-order valence-electron chi connectivity index (χ3n) is 3.57. The normalized spacial score (nSPS) is 10.6. The van der Waals surface area contributed by atoms with Gasteiger partial charge in [0.05, 0.1) is 5.75 Å². The van der Waals surface area contributed by atoms with Crippen molar-refractivity contribution in [1.82, 2.24) is 10.1 Å². The van der Waals surface area contributed by atoms with E-state index in [1.54, 1.807) is 6.33 Å². The van der Waals surface area contributed by atoms with E-state index in [1.807, 2.05) is 67.1 Å². The number of aromatic amines is 1. The van der Waals surface area contributed by atoms with Crippen LogP contribution in [0.1, 0.15) is 11.1 Å². The summed E-state index contributed by atoms with van der Waals surface area (Å²) in [6, 6.07) is 15.9. The molecule has 0 saturated heterocycles. The van der Waals surface area contributed by atoms with Crippen molar-refractivity contribution < 1.29 is 9.48 Å². The van der Waals surface area contributed by atoms with E-state index in [1.165, 1.54) is 11.8 Å². The van der Waals surface area contributed by atoms with E-state index in [0.717, 1.165) is 27.7 Å². The molecule has 2 N–H and O–H groups in total. The number of rotatable bonds is 5. The van der Waals surface area contributed by atoms with Crippen molar-refractivity contribution in [2.24, 2.45) is 0 Å². The highest BCUT2D eigenvalue weighted by Gasteiger charge is 2.18. The second kappa shape index (κ2) is 7.31. The number of benzene rings is 2. The Hall–Kier alpha value is -2.60. The lowest BCUT2D eigenvalue weighted by Gasteiger charge is -2.08. The second-order valence-electron chi connectivity index (χ2n) is 5.50. The third kappa shape index (κ3) is 3.83. The van der Waals surface area contributed by atoms with E-state index in [4.69, 9.17) is 0 Å². The summed E-state index contributed by atoms with van der Waals surface area (Å²) in [5.74, 6) is 0.252. The zero-order chi connectivity index (χ0) is 16.9. The molecule has 0 fully saturated rings. The summed E-state index contributed by atoms with van der Waals surface area (Å²) in [5, 5.41) is 6.78. The molecule has 1 aromatic heterocycles. The van der Waals surface area contributed by atoms with Crippen LogP contribution in [0.25, 0.3) is 5.69 Å². The number of nitrogens with one attached hydrogen (secondary N) is 2. The molecule has 1 heterocycles. The summed E-state index contributed by atoms with van der Waals surface area (Å²) in [5.41, 5.74) is 4.02. The van der Waals surface area contributed by atoms with Gasteiger partial charge in [0.1, 0.15) is 0 Å². The molecule has 0 radical (unpaired) electrons. The van der Waals surface area contributed by atoms with Gasteiger partial charge in [0.15, 0.2) is 5.69 Å². The van der Waals surface area contributed by atoms with Gasteiger partial charge < -0.3 is 5.32 Å². The highest BCUT2D eigenvalue weighted by atomic mass is 32.2. The average Bonchev–Trinajstić information content (AvgIpc) is 3.06. The fourth-order valence-corrected chi connectivity index (χ4v) is 3.05. The number of carbonyl (C=O) groups excluding carboxylic acids is 1. The molecule has 6 heteroatoms. The molecule has 0 aliphatic heterocycles. The van der Waals surface area contributed by atoms with Gasteiger partial charge in [0, 0.05) is 5.69 Å². The number of aryl methyl sites for hydroxylation is 2. The summed E-state index contributed by atoms with van der Waals surface area (Å²) in [7, 11) is 0. The minimum absolute atomic E-state index is 0.0451. The summed E-state index contributed by atoms with van der Waals surface area (Å²) in [6.07, 6.45) is 1.62. The van der Waals surface area contributed by atoms with Gasteiger partial charge in [-0.15, -0.1) is 4.68 Å². The first-order chi connectivity index (χ1) is 11.6. The smallest absolute Gasteiger partial charge is 0.325 e. The summed E-state index contributed by atoms with van der Waals surface area (Å²) in [4.78, 5) is 16.5. The lowest BCUT2D eigenvalue weighted by molar-refractivity contribution is -0.694. The molecule has 0 atom stereocenters. The van der Waals surface area contributed by atoms with Crippen LogP contribution in [-0.4, -0.2) is 21.7 Å². The number of thioether (sulfide) groups is 1. The average molecular weight is 339 g/mol. The van der Waals surface area contributed by atoms with Crippen molar-refractivity contribution in [3.8, 4) is 5.69 Å². The van der Waals surface area contributed by atoms with Crippen molar-refractivity contribution in [1.29, 1.82) is 0 Å². The van der Waals surface area contributed by atoms with Gasteiger partial charge in [0.25, 0.3) is 0 Å². The van der Waals surface area contributed by atoms with Crippen LogP contribution in [0.2, 0.25) is 0 Å². The Labute approximate surface area is 145 Å². The number of para-hydroxylation sites is 1. The number of H-pyrrole nitrogens is 1. The zero-order valence-electron chi connectivity index (χ0n) is 13.6. The van der Waals surface area contributed by atoms with E-state index in [-0.39, 0.29) is 5.91 Å². The van der Waals surface area contributed by atoms with Crippen molar-refractivity contribution >= 4 is 23.4 Å². The molecule has 1 amide bonds. The van der Waals surface area contributed by atoms with Crippen LogP contribution in [0.3, 0.4) is 0 Å². The van der Waals surface area contributed by atoms with Crippen LogP contribution in [0, 0.1) is 13.8 Å². The van der Waals surface area contributed by atoms with Gasteiger partial charge in [0.2, 0.25) is 12.2 Å². The molecular formula is C18H19N4OS+. The molecule has 2 aromatic carbocycles. The molecule has 0 aliphatic rings.